The smallest absolute Gasteiger partial charge is 0.270 e. The van der Waals surface area contributed by atoms with Gasteiger partial charge in [-0.2, -0.15) is 0 Å². The fourth-order valence-corrected chi connectivity index (χ4v) is 4.09. The first-order valence-electron chi connectivity index (χ1n) is 10.9. The molecule has 6 heteroatoms. The van der Waals surface area contributed by atoms with Crippen molar-refractivity contribution in [2.75, 3.05) is 7.11 Å². The lowest BCUT2D eigenvalue weighted by Gasteiger charge is -2.17. The molecule has 0 unspecified atom stereocenters. The van der Waals surface area contributed by atoms with Crippen LogP contribution in [0.4, 0.5) is 0 Å². The number of carbonyl (C=O) groups is 1. The third-order valence-electron chi connectivity index (χ3n) is 5.57. The van der Waals surface area contributed by atoms with E-state index in [1.54, 1.807) is 7.11 Å². The first kappa shape index (κ1) is 22.6. The third-order valence-corrected chi connectivity index (χ3v) is 5.81. The Morgan fingerprint density at radius 2 is 1.79 bits per heavy atom. The molecule has 170 valence electrons. The van der Waals surface area contributed by atoms with Gasteiger partial charge in [-0.15, -0.1) is 0 Å². The van der Waals surface area contributed by atoms with Crippen LogP contribution in [0.1, 0.15) is 37.4 Å². The van der Waals surface area contributed by atoms with Crippen LogP contribution in [0, 0.1) is 0 Å². The van der Waals surface area contributed by atoms with Gasteiger partial charge in [0.05, 0.1) is 13.2 Å². The molecule has 3 aromatic carbocycles. The minimum Gasteiger partial charge on any atom is -0.497 e. The largest absolute Gasteiger partial charge is 0.497 e. The SMILES string of the molecule is CCn1c(-c2ccccc2)nc(-c2cccc(Cl)c2)c1C(=O)N[C@H](C)c1cccc(OC)c1.[HH]. The van der Waals surface area contributed by atoms with E-state index in [0.717, 1.165) is 28.3 Å². The summed E-state index contributed by atoms with van der Waals surface area (Å²) in [7, 11) is 1.63. The average molecular weight is 462 g/mol. The molecule has 5 nitrogen and oxygen atoms in total. The molecule has 1 atom stereocenters. The number of aromatic nitrogens is 2. The molecule has 0 aliphatic heterocycles. The molecule has 4 aromatic rings. The van der Waals surface area contributed by atoms with E-state index in [9.17, 15) is 4.79 Å². The number of methoxy groups -OCH3 is 1. The summed E-state index contributed by atoms with van der Waals surface area (Å²) in [4.78, 5) is 18.6. The Balaban J connectivity index is 0.00000324. The van der Waals surface area contributed by atoms with Crippen molar-refractivity contribution >= 4 is 17.5 Å². The molecule has 0 saturated heterocycles. The Labute approximate surface area is 200 Å². The Morgan fingerprint density at radius 1 is 1.06 bits per heavy atom. The second kappa shape index (κ2) is 9.92. The minimum absolute atomic E-state index is 0. The number of benzene rings is 3. The highest BCUT2D eigenvalue weighted by Gasteiger charge is 2.25. The topological polar surface area (TPSA) is 56.2 Å². The van der Waals surface area contributed by atoms with E-state index >= 15 is 0 Å². The predicted octanol–water partition coefficient (Wildman–Crippen LogP) is 6.64. The maximum atomic E-state index is 13.7. The predicted molar refractivity (Wildman–Crippen MR) is 135 cm³/mol. The van der Waals surface area contributed by atoms with Crippen LogP contribution in [-0.4, -0.2) is 22.6 Å². The zero-order valence-electron chi connectivity index (χ0n) is 18.9. The molecule has 4 rings (SSSR count). The van der Waals surface area contributed by atoms with Crippen molar-refractivity contribution < 1.29 is 11.0 Å². The quantitative estimate of drug-likeness (QED) is 0.335. The van der Waals surface area contributed by atoms with Crippen molar-refractivity contribution in [3.05, 3.63) is 95.1 Å². The van der Waals surface area contributed by atoms with Gasteiger partial charge < -0.3 is 14.6 Å². The molecular formula is C27H28ClN3O2. The van der Waals surface area contributed by atoms with Crippen LogP contribution in [0.15, 0.2) is 78.9 Å². The molecule has 0 saturated carbocycles. The monoisotopic (exact) mass is 461 g/mol. The van der Waals surface area contributed by atoms with Crippen molar-refractivity contribution in [3.8, 4) is 28.4 Å². The maximum Gasteiger partial charge on any atom is 0.270 e. The number of carbonyl (C=O) groups excluding carboxylic acids is 1. The van der Waals surface area contributed by atoms with E-state index < -0.39 is 0 Å². The highest BCUT2D eigenvalue weighted by Crippen LogP contribution is 2.31. The van der Waals surface area contributed by atoms with Crippen molar-refractivity contribution in [2.45, 2.75) is 26.4 Å². The van der Waals surface area contributed by atoms with Crippen LogP contribution in [-0.2, 0) is 6.54 Å². The lowest BCUT2D eigenvalue weighted by molar-refractivity contribution is 0.0931. The van der Waals surface area contributed by atoms with Crippen molar-refractivity contribution in [1.82, 2.24) is 14.9 Å². The van der Waals surface area contributed by atoms with E-state index in [2.05, 4.69) is 5.32 Å². The van der Waals surface area contributed by atoms with E-state index in [1.807, 2.05) is 97.3 Å². The van der Waals surface area contributed by atoms with Gasteiger partial charge in [-0.3, -0.25) is 4.79 Å². The maximum absolute atomic E-state index is 13.7. The van der Waals surface area contributed by atoms with Gasteiger partial charge in [0.15, 0.2) is 0 Å². The third kappa shape index (κ3) is 4.78. The molecule has 0 bridgehead atoms. The number of imidazole rings is 1. The number of hydrogen-bond acceptors (Lipinski definition) is 3. The summed E-state index contributed by atoms with van der Waals surface area (Å²) in [5.74, 6) is 1.29. The first-order chi connectivity index (χ1) is 16.0. The summed E-state index contributed by atoms with van der Waals surface area (Å²) in [6, 6.07) is 24.8. The summed E-state index contributed by atoms with van der Waals surface area (Å²) in [5, 5.41) is 3.73. The van der Waals surface area contributed by atoms with Crippen LogP contribution in [0.25, 0.3) is 22.6 Å². The number of ether oxygens (including phenoxy) is 1. The second-order valence-corrected chi connectivity index (χ2v) is 8.16. The number of hydrogen-bond donors (Lipinski definition) is 1. The van der Waals surface area contributed by atoms with Gasteiger partial charge in [-0.25, -0.2) is 4.98 Å². The van der Waals surface area contributed by atoms with Crippen LogP contribution < -0.4 is 10.1 Å². The summed E-state index contributed by atoms with van der Waals surface area (Å²) in [6.07, 6.45) is 0. The molecule has 1 heterocycles. The Hall–Kier alpha value is -3.57. The molecule has 33 heavy (non-hydrogen) atoms. The van der Waals surface area contributed by atoms with Crippen LogP contribution in [0.5, 0.6) is 5.75 Å². The molecule has 1 N–H and O–H groups in total. The average Bonchev–Trinajstić information content (AvgIpc) is 3.24. The molecule has 1 amide bonds. The number of amides is 1. The standard InChI is InChI=1S/C27H26ClN3O2.H2/c1-4-31-25(27(32)29-18(2)20-12-9-15-23(17-20)33-3)24(21-13-8-14-22(28)16-21)30-26(31)19-10-6-5-7-11-19;/h5-18H,4H2,1-3H3,(H,29,32);1H/t18-;/m1./s1. The van der Waals surface area contributed by atoms with Gasteiger partial charge >= 0.3 is 0 Å². The molecule has 0 aliphatic carbocycles. The van der Waals surface area contributed by atoms with Gasteiger partial charge in [0.1, 0.15) is 23.0 Å². The van der Waals surface area contributed by atoms with E-state index in [-0.39, 0.29) is 13.4 Å². The van der Waals surface area contributed by atoms with Crippen LogP contribution in [0.3, 0.4) is 0 Å². The number of nitrogens with one attached hydrogen (secondary N) is 1. The summed E-state index contributed by atoms with van der Waals surface area (Å²) in [6.45, 7) is 4.56. The summed E-state index contributed by atoms with van der Waals surface area (Å²) in [5.41, 5.74) is 3.81. The number of nitrogens with zero attached hydrogens (tertiary/aromatic N) is 2. The number of halogens is 1. The van der Waals surface area contributed by atoms with Crippen molar-refractivity contribution in [3.63, 3.8) is 0 Å². The second-order valence-electron chi connectivity index (χ2n) is 7.73. The Kier molecular flexibility index (Phi) is 6.80. The molecule has 1 aromatic heterocycles. The summed E-state index contributed by atoms with van der Waals surface area (Å²) < 4.78 is 7.29. The molecule has 0 aliphatic rings. The lowest BCUT2D eigenvalue weighted by atomic mass is 10.1. The van der Waals surface area contributed by atoms with Crippen molar-refractivity contribution in [2.24, 2.45) is 0 Å². The fourth-order valence-electron chi connectivity index (χ4n) is 3.89. The minimum atomic E-state index is -0.222. The van der Waals surface area contributed by atoms with Gasteiger partial charge in [-0.05, 0) is 43.7 Å². The van der Waals surface area contributed by atoms with Crippen molar-refractivity contribution in [1.29, 1.82) is 0 Å². The summed E-state index contributed by atoms with van der Waals surface area (Å²) >= 11 is 6.27. The normalized spacial score (nSPS) is 11.8. The van der Waals surface area contributed by atoms with Gasteiger partial charge in [0.2, 0.25) is 0 Å². The zero-order chi connectivity index (χ0) is 23.4. The molecular weight excluding hydrogens is 434 g/mol. The van der Waals surface area contributed by atoms with E-state index in [4.69, 9.17) is 21.3 Å². The fraction of sp³-hybridized carbons (Fsp3) is 0.185. The Morgan fingerprint density at radius 3 is 2.48 bits per heavy atom. The van der Waals surface area contributed by atoms with Gasteiger partial charge in [-0.1, -0.05) is 66.2 Å². The highest BCUT2D eigenvalue weighted by molar-refractivity contribution is 6.30. The Bertz CT molecular complexity index is 1270. The highest BCUT2D eigenvalue weighted by atomic mass is 35.5. The van der Waals surface area contributed by atoms with Gasteiger partial charge in [0, 0.05) is 24.1 Å². The van der Waals surface area contributed by atoms with Crippen LogP contribution >= 0.6 is 11.6 Å². The first-order valence-corrected chi connectivity index (χ1v) is 11.3. The number of rotatable bonds is 7. The molecule has 0 spiro atoms. The van der Waals surface area contributed by atoms with E-state index in [1.165, 1.54) is 0 Å². The van der Waals surface area contributed by atoms with Crippen LogP contribution in [0.2, 0.25) is 5.02 Å². The molecule has 0 radical (unpaired) electrons. The van der Waals surface area contributed by atoms with E-state index in [0.29, 0.717) is 23.0 Å². The molecule has 0 fully saturated rings. The lowest BCUT2D eigenvalue weighted by Crippen LogP contribution is -2.29. The van der Waals surface area contributed by atoms with Gasteiger partial charge in [0.25, 0.3) is 5.91 Å². The zero-order valence-corrected chi connectivity index (χ0v) is 19.6.